The molecule has 304 valence electrons. The fourth-order valence-corrected chi connectivity index (χ4v) is 9.62. The lowest BCUT2D eigenvalue weighted by Crippen LogP contribution is -2.34. The van der Waals surface area contributed by atoms with Crippen LogP contribution in [0.3, 0.4) is 0 Å². The summed E-state index contributed by atoms with van der Waals surface area (Å²) >= 11 is 0. The Morgan fingerprint density at radius 2 is 1.40 bits per heavy atom. The van der Waals surface area contributed by atoms with Crippen molar-refractivity contribution in [2.45, 2.75) is 39.5 Å². The van der Waals surface area contributed by atoms with Crippen molar-refractivity contribution in [2.75, 3.05) is 0 Å². The number of pyridine rings is 1. The number of carbonyl (C=O) groups is 1. The first kappa shape index (κ1) is 38.6. The molecule has 10 rings (SSSR count). The van der Waals surface area contributed by atoms with Crippen molar-refractivity contribution in [3.05, 3.63) is 191 Å². The highest BCUT2D eigenvalue weighted by molar-refractivity contribution is 6.13. The average molecular weight is 812 g/mol. The van der Waals surface area contributed by atoms with Gasteiger partial charge in [0.2, 0.25) is 0 Å². The fourth-order valence-electron chi connectivity index (χ4n) is 9.62. The van der Waals surface area contributed by atoms with Crippen LogP contribution < -0.4 is 10.6 Å². The van der Waals surface area contributed by atoms with Crippen molar-refractivity contribution in [2.24, 2.45) is 5.92 Å². The number of hydrogen-bond donors (Lipinski definition) is 3. The SMILES string of the molecule is C/C(O)=c1\c(=C(\C)C(=O)O)n(-c2ccc(-c3ccccc3)cc2)c2c(C)nc(-c3ccc4c(c3)c3c(C5C=CC(C6C=CC=CC6)=CC5)cccc3n4-c3ccccc3)c(O)c12. The molecule has 0 bridgehead atoms. The summed E-state index contributed by atoms with van der Waals surface area (Å²) in [5.41, 5.74) is 10.6. The van der Waals surface area contributed by atoms with Crippen LogP contribution in [0.15, 0.2) is 169 Å². The summed E-state index contributed by atoms with van der Waals surface area (Å²) in [6.45, 7) is 4.91. The quantitative estimate of drug-likeness (QED) is 0.149. The van der Waals surface area contributed by atoms with Gasteiger partial charge in [-0.15, -0.1) is 0 Å². The van der Waals surface area contributed by atoms with Gasteiger partial charge in [0.1, 0.15) is 5.69 Å². The monoisotopic (exact) mass is 811 g/mol. The molecular formula is C55H45N3O4. The lowest BCUT2D eigenvalue weighted by Gasteiger charge is -2.22. The molecule has 0 fully saturated rings. The Bertz CT molecular complexity index is 3360. The van der Waals surface area contributed by atoms with E-state index >= 15 is 0 Å². The molecule has 2 aliphatic carbocycles. The van der Waals surface area contributed by atoms with Crippen LogP contribution >= 0.6 is 0 Å². The zero-order valence-corrected chi connectivity index (χ0v) is 34.7. The topological polar surface area (TPSA) is 101 Å². The van der Waals surface area contributed by atoms with Crippen molar-refractivity contribution in [1.82, 2.24) is 14.1 Å². The lowest BCUT2D eigenvalue weighted by molar-refractivity contribution is -0.130. The highest BCUT2D eigenvalue weighted by atomic mass is 16.4. The van der Waals surface area contributed by atoms with Crippen LogP contribution in [-0.4, -0.2) is 35.4 Å². The second-order valence-corrected chi connectivity index (χ2v) is 16.3. The molecule has 2 unspecified atom stereocenters. The van der Waals surface area contributed by atoms with Crippen LogP contribution in [0, 0.1) is 12.8 Å². The lowest BCUT2D eigenvalue weighted by atomic mass is 9.83. The number of carboxylic acids is 1. The van der Waals surface area contributed by atoms with Crippen LogP contribution in [0.4, 0.5) is 0 Å². The number of rotatable bonds is 7. The Labute approximate surface area is 359 Å². The van der Waals surface area contributed by atoms with E-state index in [9.17, 15) is 20.1 Å². The number of carboxylic acid groups (broad SMARTS) is 1. The molecule has 2 aliphatic rings. The number of aromatic hydroxyl groups is 1. The normalized spacial score (nSPS) is 17.2. The van der Waals surface area contributed by atoms with Gasteiger partial charge in [0.15, 0.2) is 5.75 Å². The standard InChI is InChI=1S/C55H45N3O4/c1-33(55(61)62)52-48(35(3)59)50-53(58(52)43-29-26-39(27-30-43)37-16-9-5-10-17-37)34(2)56-51(54(50)60)41-28-31-46-45(32-41)49-44(20-13-21-47(49)57(46)42-18-11-6-12-19-42)40-24-22-38(23-25-40)36-14-7-4-8-15-36/h4-14,16-24,26-32,36,40,59-60H,15,25H2,1-3H3,(H,61,62)/b48-35+,52-33+. The summed E-state index contributed by atoms with van der Waals surface area (Å²) in [6, 6.07) is 41.0. The third-order valence-corrected chi connectivity index (χ3v) is 12.6. The van der Waals surface area contributed by atoms with E-state index in [0.29, 0.717) is 39.5 Å². The maximum Gasteiger partial charge on any atom is 0.333 e. The van der Waals surface area contributed by atoms with Gasteiger partial charge in [-0.25, -0.2) is 9.78 Å². The second-order valence-electron chi connectivity index (χ2n) is 16.3. The maximum absolute atomic E-state index is 12.8. The minimum atomic E-state index is -1.14. The van der Waals surface area contributed by atoms with Gasteiger partial charge < -0.3 is 24.5 Å². The van der Waals surface area contributed by atoms with Crippen molar-refractivity contribution >= 4 is 50.0 Å². The van der Waals surface area contributed by atoms with E-state index in [4.69, 9.17) is 4.98 Å². The van der Waals surface area contributed by atoms with Gasteiger partial charge in [-0.3, -0.25) is 0 Å². The van der Waals surface area contributed by atoms with E-state index in [2.05, 4.69) is 102 Å². The molecule has 0 radical (unpaired) electrons. The molecule has 3 N–H and O–H groups in total. The number of para-hydroxylation sites is 1. The number of aromatic nitrogens is 3. The van der Waals surface area contributed by atoms with Crippen molar-refractivity contribution in [3.8, 4) is 39.5 Å². The number of nitrogens with zero attached hydrogens (tertiary/aromatic N) is 3. The molecule has 7 heteroatoms. The summed E-state index contributed by atoms with van der Waals surface area (Å²) < 4.78 is 4.10. The van der Waals surface area contributed by atoms with Gasteiger partial charge in [0.25, 0.3) is 0 Å². The minimum absolute atomic E-state index is 0.0190. The molecule has 3 aromatic heterocycles. The van der Waals surface area contributed by atoms with E-state index in [1.54, 1.807) is 4.57 Å². The van der Waals surface area contributed by atoms with Crippen molar-refractivity contribution < 1.29 is 20.1 Å². The second kappa shape index (κ2) is 15.4. The smallest absolute Gasteiger partial charge is 0.333 e. The van der Waals surface area contributed by atoms with E-state index in [1.807, 2.05) is 73.7 Å². The van der Waals surface area contributed by atoms with Gasteiger partial charge in [0.05, 0.1) is 44.3 Å². The van der Waals surface area contributed by atoms with Crippen LogP contribution in [0.1, 0.15) is 43.9 Å². The molecular weight excluding hydrogens is 767 g/mol. The molecule has 0 saturated carbocycles. The maximum atomic E-state index is 12.8. The molecule has 3 heterocycles. The number of benzene rings is 5. The summed E-state index contributed by atoms with van der Waals surface area (Å²) in [6.07, 6.45) is 17.7. The third kappa shape index (κ3) is 6.36. The van der Waals surface area contributed by atoms with Crippen LogP contribution in [0.2, 0.25) is 0 Å². The predicted molar refractivity (Wildman–Crippen MR) is 251 cm³/mol. The van der Waals surface area contributed by atoms with Gasteiger partial charge in [-0.05, 0) is 98.3 Å². The molecule has 2 atom stereocenters. The number of aliphatic hydroxyl groups is 1. The number of hydrogen-bond acceptors (Lipinski definition) is 4. The van der Waals surface area contributed by atoms with Crippen molar-refractivity contribution in [3.63, 3.8) is 0 Å². The molecule has 62 heavy (non-hydrogen) atoms. The zero-order valence-electron chi connectivity index (χ0n) is 34.7. The molecule has 0 saturated heterocycles. The minimum Gasteiger partial charge on any atom is -0.512 e. The molecule has 7 nitrogen and oxygen atoms in total. The molecule has 0 aliphatic heterocycles. The Hall–Kier alpha value is -7.64. The number of aryl methyl sites for hydroxylation is 1. The number of aliphatic hydroxyl groups excluding tert-OH is 1. The summed E-state index contributed by atoms with van der Waals surface area (Å²) in [7, 11) is 0. The Balaban J connectivity index is 1.19. The first-order valence-corrected chi connectivity index (χ1v) is 21.1. The van der Waals surface area contributed by atoms with Crippen LogP contribution in [0.5, 0.6) is 5.75 Å². The first-order chi connectivity index (χ1) is 30.2. The average Bonchev–Trinajstić information content (AvgIpc) is 3.85. The van der Waals surface area contributed by atoms with E-state index in [0.717, 1.165) is 51.5 Å². The van der Waals surface area contributed by atoms with E-state index < -0.39 is 5.97 Å². The molecule has 8 aromatic rings. The van der Waals surface area contributed by atoms with Gasteiger partial charge in [-0.2, -0.15) is 0 Å². The van der Waals surface area contributed by atoms with E-state index in [1.165, 1.54) is 25.0 Å². The number of allylic oxidation sites excluding steroid dienone is 8. The Morgan fingerprint density at radius 3 is 2.08 bits per heavy atom. The van der Waals surface area contributed by atoms with Crippen LogP contribution in [-0.2, 0) is 4.79 Å². The first-order valence-electron chi connectivity index (χ1n) is 21.1. The van der Waals surface area contributed by atoms with Gasteiger partial charge >= 0.3 is 5.97 Å². The summed E-state index contributed by atoms with van der Waals surface area (Å²) in [5, 5.41) is 37.4. The molecule has 5 aromatic carbocycles. The van der Waals surface area contributed by atoms with Crippen LogP contribution in [0.25, 0.3) is 77.8 Å². The summed E-state index contributed by atoms with van der Waals surface area (Å²) in [4.78, 5) is 17.9. The Morgan fingerprint density at radius 1 is 0.694 bits per heavy atom. The highest BCUT2D eigenvalue weighted by Crippen LogP contribution is 2.43. The third-order valence-electron chi connectivity index (χ3n) is 12.6. The highest BCUT2D eigenvalue weighted by Gasteiger charge is 2.26. The largest absolute Gasteiger partial charge is 0.512 e. The van der Waals surface area contributed by atoms with Gasteiger partial charge in [0, 0.05) is 44.8 Å². The molecule has 0 amide bonds. The van der Waals surface area contributed by atoms with E-state index in [-0.39, 0.29) is 33.6 Å². The number of fused-ring (bicyclic) bond motifs is 4. The molecule has 0 spiro atoms. The summed E-state index contributed by atoms with van der Waals surface area (Å²) in [5.74, 6) is -0.839. The Kier molecular flexibility index (Phi) is 9.60. The number of aliphatic carboxylic acids is 1. The van der Waals surface area contributed by atoms with Crippen molar-refractivity contribution in [1.29, 1.82) is 0 Å². The fraction of sp³-hybridized carbons (Fsp3) is 0.127. The zero-order chi connectivity index (χ0) is 42.6. The van der Waals surface area contributed by atoms with Gasteiger partial charge in [-0.1, -0.05) is 121 Å². The predicted octanol–water partition coefficient (Wildman–Crippen LogP) is 11.5.